The van der Waals surface area contributed by atoms with Crippen molar-refractivity contribution >= 4 is 0 Å². The summed E-state index contributed by atoms with van der Waals surface area (Å²) in [5, 5.41) is 3.75. The van der Waals surface area contributed by atoms with Gasteiger partial charge in [-0.1, -0.05) is 25.7 Å². The standard InChI is InChI=1S/C17H36N2O2/c1-3-20-15-13-19(14-16-21-4-2)12-11-18-17-9-7-5-6-8-10-17/h17-18H,3-16H2,1-2H3. The SMILES string of the molecule is CCOCCN(CCNC1CCCCCC1)CCOCC. The van der Waals surface area contributed by atoms with Gasteiger partial charge in [0.15, 0.2) is 0 Å². The van der Waals surface area contributed by atoms with E-state index in [2.05, 4.69) is 24.1 Å². The molecule has 0 heterocycles. The fraction of sp³-hybridized carbons (Fsp3) is 1.00. The van der Waals surface area contributed by atoms with E-state index in [-0.39, 0.29) is 0 Å². The zero-order chi connectivity index (χ0) is 15.2. The summed E-state index contributed by atoms with van der Waals surface area (Å²) in [6.07, 6.45) is 8.36. The average Bonchev–Trinajstić information content (AvgIpc) is 2.76. The number of ether oxygens (including phenoxy) is 2. The first kappa shape index (κ1) is 18.9. The van der Waals surface area contributed by atoms with Crippen LogP contribution in [0.2, 0.25) is 0 Å². The van der Waals surface area contributed by atoms with Crippen LogP contribution in [-0.2, 0) is 9.47 Å². The van der Waals surface area contributed by atoms with Gasteiger partial charge in [0.25, 0.3) is 0 Å². The highest BCUT2D eigenvalue weighted by Gasteiger charge is 2.12. The molecule has 1 rings (SSSR count). The van der Waals surface area contributed by atoms with Crippen molar-refractivity contribution in [2.75, 3.05) is 52.6 Å². The Morgan fingerprint density at radius 1 is 0.857 bits per heavy atom. The molecular weight excluding hydrogens is 264 g/mol. The second-order valence-corrected chi connectivity index (χ2v) is 5.88. The summed E-state index contributed by atoms with van der Waals surface area (Å²) in [6.45, 7) is 11.6. The van der Waals surface area contributed by atoms with Crippen molar-refractivity contribution in [3.05, 3.63) is 0 Å². The van der Waals surface area contributed by atoms with Crippen molar-refractivity contribution in [2.24, 2.45) is 0 Å². The molecule has 1 fully saturated rings. The maximum absolute atomic E-state index is 5.48. The summed E-state index contributed by atoms with van der Waals surface area (Å²) >= 11 is 0. The summed E-state index contributed by atoms with van der Waals surface area (Å²) in [7, 11) is 0. The minimum Gasteiger partial charge on any atom is -0.380 e. The quantitative estimate of drug-likeness (QED) is 0.444. The largest absolute Gasteiger partial charge is 0.380 e. The number of nitrogens with zero attached hydrogens (tertiary/aromatic N) is 1. The van der Waals surface area contributed by atoms with Gasteiger partial charge < -0.3 is 14.8 Å². The van der Waals surface area contributed by atoms with E-state index in [9.17, 15) is 0 Å². The maximum Gasteiger partial charge on any atom is 0.0593 e. The van der Waals surface area contributed by atoms with Gasteiger partial charge in [-0.2, -0.15) is 0 Å². The number of rotatable bonds is 12. The molecule has 0 aromatic carbocycles. The van der Waals surface area contributed by atoms with Crippen LogP contribution < -0.4 is 5.32 Å². The molecule has 1 N–H and O–H groups in total. The highest BCUT2D eigenvalue weighted by molar-refractivity contribution is 4.71. The topological polar surface area (TPSA) is 33.7 Å². The first-order valence-electron chi connectivity index (χ1n) is 8.98. The second kappa shape index (κ2) is 13.5. The van der Waals surface area contributed by atoms with Crippen LogP contribution in [0.5, 0.6) is 0 Å². The maximum atomic E-state index is 5.48. The predicted molar refractivity (Wildman–Crippen MR) is 88.9 cm³/mol. The molecule has 0 spiro atoms. The van der Waals surface area contributed by atoms with E-state index in [1.165, 1.54) is 38.5 Å². The van der Waals surface area contributed by atoms with E-state index in [1.54, 1.807) is 0 Å². The third-order valence-corrected chi connectivity index (χ3v) is 4.23. The molecule has 126 valence electrons. The summed E-state index contributed by atoms with van der Waals surface area (Å²) in [4.78, 5) is 2.45. The van der Waals surface area contributed by atoms with Gasteiger partial charge in [0.05, 0.1) is 13.2 Å². The van der Waals surface area contributed by atoms with E-state index in [0.717, 1.165) is 58.6 Å². The zero-order valence-electron chi connectivity index (χ0n) is 14.2. The predicted octanol–water partition coefficient (Wildman–Crippen LogP) is 2.67. The third kappa shape index (κ3) is 10.2. The van der Waals surface area contributed by atoms with Crippen molar-refractivity contribution in [1.82, 2.24) is 10.2 Å². The molecule has 0 aromatic rings. The summed E-state index contributed by atoms with van der Waals surface area (Å²) in [6, 6.07) is 0.744. The monoisotopic (exact) mass is 300 g/mol. The Labute approximate surface area is 131 Å². The molecule has 1 aliphatic carbocycles. The Morgan fingerprint density at radius 3 is 1.95 bits per heavy atom. The van der Waals surface area contributed by atoms with Crippen molar-refractivity contribution in [3.8, 4) is 0 Å². The molecular formula is C17H36N2O2. The van der Waals surface area contributed by atoms with Crippen molar-refractivity contribution in [3.63, 3.8) is 0 Å². The molecule has 0 aromatic heterocycles. The van der Waals surface area contributed by atoms with Crippen molar-refractivity contribution < 1.29 is 9.47 Å². The number of hydrogen-bond acceptors (Lipinski definition) is 4. The van der Waals surface area contributed by atoms with Gasteiger partial charge in [-0.05, 0) is 26.7 Å². The van der Waals surface area contributed by atoms with Gasteiger partial charge in [-0.25, -0.2) is 0 Å². The Kier molecular flexibility index (Phi) is 12.1. The zero-order valence-corrected chi connectivity index (χ0v) is 14.2. The van der Waals surface area contributed by atoms with Gasteiger partial charge in [0, 0.05) is 45.4 Å². The van der Waals surface area contributed by atoms with Crippen molar-refractivity contribution in [1.29, 1.82) is 0 Å². The highest BCUT2D eigenvalue weighted by atomic mass is 16.5. The van der Waals surface area contributed by atoms with Crippen LogP contribution in [0.1, 0.15) is 52.4 Å². The molecule has 4 heteroatoms. The van der Waals surface area contributed by atoms with Crippen LogP contribution in [0.15, 0.2) is 0 Å². The van der Waals surface area contributed by atoms with Gasteiger partial charge in [0.1, 0.15) is 0 Å². The molecule has 0 bridgehead atoms. The molecule has 21 heavy (non-hydrogen) atoms. The smallest absolute Gasteiger partial charge is 0.0593 e. The lowest BCUT2D eigenvalue weighted by Crippen LogP contribution is -2.39. The molecule has 0 amide bonds. The molecule has 0 radical (unpaired) electrons. The third-order valence-electron chi connectivity index (χ3n) is 4.23. The van der Waals surface area contributed by atoms with Crippen LogP contribution in [-0.4, -0.2) is 63.5 Å². The number of hydrogen-bond donors (Lipinski definition) is 1. The highest BCUT2D eigenvalue weighted by Crippen LogP contribution is 2.16. The lowest BCUT2D eigenvalue weighted by Gasteiger charge is -2.24. The van der Waals surface area contributed by atoms with E-state index in [1.807, 2.05) is 0 Å². The molecule has 0 aliphatic heterocycles. The van der Waals surface area contributed by atoms with Crippen LogP contribution in [0.25, 0.3) is 0 Å². The van der Waals surface area contributed by atoms with Gasteiger partial charge in [0.2, 0.25) is 0 Å². The Bertz CT molecular complexity index is 209. The Hall–Kier alpha value is -0.160. The Balaban J connectivity index is 2.16. The fourth-order valence-electron chi connectivity index (χ4n) is 2.92. The average molecular weight is 300 g/mol. The second-order valence-electron chi connectivity index (χ2n) is 5.88. The molecule has 4 nitrogen and oxygen atoms in total. The van der Waals surface area contributed by atoms with Gasteiger partial charge in [-0.15, -0.1) is 0 Å². The Morgan fingerprint density at radius 2 is 1.43 bits per heavy atom. The minimum atomic E-state index is 0.744. The van der Waals surface area contributed by atoms with Crippen LogP contribution in [0.4, 0.5) is 0 Å². The van der Waals surface area contributed by atoms with E-state index in [0.29, 0.717) is 0 Å². The first-order chi connectivity index (χ1) is 10.4. The first-order valence-corrected chi connectivity index (χ1v) is 8.98. The van der Waals surface area contributed by atoms with E-state index >= 15 is 0 Å². The normalized spacial score (nSPS) is 17.3. The lowest BCUT2D eigenvalue weighted by atomic mass is 10.1. The van der Waals surface area contributed by atoms with Gasteiger partial charge >= 0.3 is 0 Å². The van der Waals surface area contributed by atoms with Crippen LogP contribution in [0, 0.1) is 0 Å². The summed E-state index contributed by atoms with van der Waals surface area (Å²) in [5.74, 6) is 0. The minimum absolute atomic E-state index is 0.744. The van der Waals surface area contributed by atoms with Crippen molar-refractivity contribution in [2.45, 2.75) is 58.4 Å². The lowest BCUT2D eigenvalue weighted by molar-refractivity contribution is 0.0828. The van der Waals surface area contributed by atoms with Gasteiger partial charge in [-0.3, -0.25) is 4.90 Å². The molecule has 0 saturated heterocycles. The number of nitrogens with one attached hydrogen (secondary N) is 1. The molecule has 0 unspecified atom stereocenters. The van der Waals surface area contributed by atoms with E-state index < -0.39 is 0 Å². The summed E-state index contributed by atoms with van der Waals surface area (Å²) < 4.78 is 11.0. The van der Waals surface area contributed by atoms with Crippen LogP contribution >= 0.6 is 0 Å². The fourth-order valence-corrected chi connectivity index (χ4v) is 2.92. The van der Waals surface area contributed by atoms with Crippen LogP contribution in [0.3, 0.4) is 0 Å². The van der Waals surface area contributed by atoms with E-state index in [4.69, 9.17) is 9.47 Å². The molecule has 1 saturated carbocycles. The molecule has 0 atom stereocenters. The molecule has 1 aliphatic rings. The summed E-state index contributed by atoms with van der Waals surface area (Å²) in [5.41, 5.74) is 0.